The highest BCUT2D eigenvalue weighted by Gasteiger charge is 2.15. The molecular formula is C27H27N3OS. The fourth-order valence-electron chi connectivity index (χ4n) is 3.94. The van der Waals surface area contributed by atoms with E-state index >= 15 is 0 Å². The van der Waals surface area contributed by atoms with Crippen LogP contribution in [0.3, 0.4) is 0 Å². The number of hydrogen-bond acceptors (Lipinski definition) is 2. The molecule has 5 heteroatoms. The summed E-state index contributed by atoms with van der Waals surface area (Å²) in [6.07, 6.45) is 0. The Bertz CT molecular complexity index is 1280. The Labute approximate surface area is 193 Å². The van der Waals surface area contributed by atoms with Crippen molar-refractivity contribution in [1.29, 1.82) is 0 Å². The number of aromatic amines is 1. The van der Waals surface area contributed by atoms with E-state index in [9.17, 15) is 4.79 Å². The first-order chi connectivity index (χ1) is 15.5. The maximum absolute atomic E-state index is 12.9. The summed E-state index contributed by atoms with van der Waals surface area (Å²) >= 11 is 5.76. The third-order valence-electron chi connectivity index (χ3n) is 5.52. The zero-order valence-electron chi connectivity index (χ0n) is 18.4. The first-order valence-electron chi connectivity index (χ1n) is 10.7. The van der Waals surface area contributed by atoms with Crippen molar-refractivity contribution in [2.24, 2.45) is 0 Å². The molecule has 0 saturated carbocycles. The number of thiocarbonyl (C=S) groups is 1. The van der Waals surface area contributed by atoms with Crippen molar-refractivity contribution in [2.75, 3.05) is 0 Å². The number of pyridine rings is 1. The van der Waals surface area contributed by atoms with Gasteiger partial charge in [0, 0.05) is 18.7 Å². The van der Waals surface area contributed by atoms with E-state index in [0.29, 0.717) is 30.3 Å². The molecular weight excluding hydrogens is 414 g/mol. The summed E-state index contributed by atoms with van der Waals surface area (Å²) in [4.78, 5) is 18.0. The fourth-order valence-corrected chi connectivity index (χ4v) is 4.15. The molecule has 0 radical (unpaired) electrons. The molecule has 0 aliphatic carbocycles. The molecule has 1 aromatic heterocycles. The molecule has 4 nitrogen and oxygen atoms in total. The summed E-state index contributed by atoms with van der Waals surface area (Å²) in [6, 6.07) is 26.5. The van der Waals surface area contributed by atoms with Crippen LogP contribution in [0.25, 0.3) is 10.9 Å². The Morgan fingerprint density at radius 1 is 0.906 bits per heavy atom. The topological polar surface area (TPSA) is 48.1 Å². The predicted molar refractivity (Wildman–Crippen MR) is 136 cm³/mol. The number of aromatic nitrogens is 1. The largest absolute Gasteiger partial charge is 0.358 e. The van der Waals surface area contributed by atoms with Gasteiger partial charge in [-0.05, 0) is 60.3 Å². The van der Waals surface area contributed by atoms with Crippen LogP contribution in [0.5, 0.6) is 0 Å². The van der Waals surface area contributed by atoms with Gasteiger partial charge in [0.1, 0.15) is 0 Å². The molecule has 0 saturated heterocycles. The first-order valence-corrected chi connectivity index (χ1v) is 11.1. The second-order valence-electron chi connectivity index (χ2n) is 8.16. The van der Waals surface area contributed by atoms with Crippen molar-refractivity contribution in [1.82, 2.24) is 15.2 Å². The van der Waals surface area contributed by atoms with Crippen LogP contribution in [-0.4, -0.2) is 15.0 Å². The lowest BCUT2D eigenvalue weighted by Crippen LogP contribution is -2.39. The molecule has 4 aromatic rings. The highest BCUT2D eigenvalue weighted by atomic mass is 32.1. The first kappa shape index (κ1) is 21.8. The average molecular weight is 442 g/mol. The second-order valence-corrected chi connectivity index (χ2v) is 8.54. The van der Waals surface area contributed by atoms with E-state index in [2.05, 4.69) is 53.6 Å². The molecule has 4 rings (SSSR count). The highest BCUT2D eigenvalue weighted by Crippen LogP contribution is 2.19. The van der Waals surface area contributed by atoms with Crippen molar-refractivity contribution >= 4 is 28.2 Å². The maximum Gasteiger partial charge on any atom is 0.253 e. The van der Waals surface area contributed by atoms with Gasteiger partial charge < -0.3 is 15.2 Å². The number of H-pyrrole nitrogens is 1. The Kier molecular flexibility index (Phi) is 6.66. The van der Waals surface area contributed by atoms with Crippen molar-refractivity contribution in [3.8, 4) is 0 Å². The predicted octanol–water partition coefficient (Wildman–Crippen LogP) is 5.22. The van der Waals surface area contributed by atoms with Gasteiger partial charge in [0.15, 0.2) is 5.11 Å². The van der Waals surface area contributed by atoms with Gasteiger partial charge in [0.2, 0.25) is 0 Å². The number of nitrogens with zero attached hydrogens (tertiary/aromatic N) is 1. The van der Waals surface area contributed by atoms with Crippen LogP contribution in [0.2, 0.25) is 0 Å². The summed E-state index contributed by atoms with van der Waals surface area (Å²) < 4.78 is 0. The van der Waals surface area contributed by atoms with Crippen LogP contribution in [0.15, 0.2) is 83.7 Å². The van der Waals surface area contributed by atoms with E-state index in [0.717, 1.165) is 27.6 Å². The zero-order valence-corrected chi connectivity index (χ0v) is 19.2. The quantitative estimate of drug-likeness (QED) is 0.403. The van der Waals surface area contributed by atoms with Gasteiger partial charge >= 0.3 is 0 Å². The average Bonchev–Trinajstić information content (AvgIpc) is 2.79. The van der Waals surface area contributed by atoms with Gasteiger partial charge in [-0.15, -0.1) is 0 Å². The van der Waals surface area contributed by atoms with Crippen LogP contribution in [0, 0.1) is 13.8 Å². The van der Waals surface area contributed by atoms with E-state index in [-0.39, 0.29) is 5.56 Å². The molecule has 1 heterocycles. The number of hydrogen-bond donors (Lipinski definition) is 2. The van der Waals surface area contributed by atoms with Gasteiger partial charge in [0.25, 0.3) is 5.56 Å². The molecule has 3 aromatic carbocycles. The van der Waals surface area contributed by atoms with E-state index in [1.54, 1.807) is 0 Å². The maximum atomic E-state index is 12.9. The lowest BCUT2D eigenvalue weighted by Gasteiger charge is -2.26. The summed E-state index contributed by atoms with van der Waals surface area (Å²) in [6.45, 7) is 5.77. The van der Waals surface area contributed by atoms with Gasteiger partial charge in [-0.2, -0.15) is 0 Å². The molecule has 0 fully saturated rings. The summed E-state index contributed by atoms with van der Waals surface area (Å²) in [7, 11) is 0. The molecule has 0 atom stereocenters. The number of aryl methyl sites for hydroxylation is 2. The molecule has 0 unspecified atom stereocenters. The molecule has 0 aliphatic rings. The smallest absolute Gasteiger partial charge is 0.253 e. The minimum atomic E-state index is -0.0756. The lowest BCUT2D eigenvalue weighted by atomic mass is 10.1. The second kappa shape index (κ2) is 9.79. The van der Waals surface area contributed by atoms with Crippen LogP contribution in [-0.2, 0) is 19.6 Å². The minimum absolute atomic E-state index is 0.0756. The highest BCUT2D eigenvalue weighted by molar-refractivity contribution is 7.80. The lowest BCUT2D eigenvalue weighted by molar-refractivity contribution is 0.397. The van der Waals surface area contributed by atoms with Crippen LogP contribution in [0.1, 0.15) is 27.8 Å². The van der Waals surface area contributed by atoms with Gasteiger partial charge in [0.05, 0.1) is 12.1 Å². The Morgan fingerprint density at radius 2 is 1.56 bits per heavy atom. The number of nitrogens with one attached hydrogen (secondary N) is 2. The summed E-state index contributed by atoms with van der Waals surface area (Å²) in [5.74, 6) is 0. The normalized spacial score (nSPS) is 10.8. The molecule has 2 N–H and O–H groups in total. The molecule has 162 valence electrons. The summed E-state index contributed by atoms with van der Waals surface area (Å²) in [5.41, 5.74) is 6.06. The van der Waals surface area contributed by atoms with Crippen molar-refractivity contribution in [3.05, 3.63) is 117 Å². The zero-order chi connectivity index (χ0) is 22.5. The van der Waals surface area contributed by atoms with Crippen LogP contribution in [0.4, 0.5) is 0 Å². The Morgan fingerprint density at radius 3 is 2.25 bits per heavy atom. The van der Waals surface area contributed by atoms with Gasteiger partial charge in [-0.25, -0.2) is 0 Å². The fraction of sp³-hybridized carbons (Fsp3) is 0.185. The number of fused-ring (bicyclic) bond motifs is 1. The number of rotatable bonds is 6. The van der Waals surface area contributed by atoms with Crippen molar-refractivity contribution in [3.63, 3.8) is 0 Å². The molecule has 0 spiro atoms. The van der Waals surface area contributed by atoms with E-state index < -0.39 is 0 Å². The van der Waals surface area contributed by atoms with Crippen molar-refractivity contribution < 1.29 is 0 Å². The molecule has 32 heavy (non-hydrogen) atoms. The minimum Gasteiger partial charge on any atom is -0.358 e. The standard InChI is InChI=1S/C27H27N3OS/c1-19-13-20(2)25-23(14-19)15-24(26(31)29-25)18-30(17-22-11-7-4-8-12-22)27(32)28-16-21-9-5-3-6-10-21/h3-15H,16-18H2,1-2H3,(H,28,32)(H,29,31). The molecule has 0 bridgehead atoms. The van der Waals surface area contributed by atoms with Gasteiger partial charge in [-0.3, -0.25) is 4.79 Å². The van der Waals surface area contributed by atoms with Crippen molar-refractivity contribution in [2.45, 2.75) is 33.5 Å². The third kappa shape index (κ3) is 5.24. The van der Waals surface area contributed by atoms with E-state index in [4.69, 9.17) is 12.2 Å². The molecule has 0 amide bonds. The monoisotopic (exact) mass is 441 g/mol. The Hall–Kier alpha value is -3.44. The van der Waals surface area contributed by atoms with E-state index in [1.807, 2.05) is 54.3 Å². The van der Waals surface area contributed by atoms with Crippen LogP contribution < -0.4 is 10.9 Å². The van der Waals surface area contributed by atoms with E-state index in [1.165, 1.54) is 5.56 Å². The summed E-state index contributed by atoms with van der Waals surface area (Å²) in [5, 5.41) is 5.02. The van der Waals surface area contributed by atoms with Gasteiger partial charge in [-0.1, -0.05) is 72.3 Å². The third-order valence-corrected chi connectivity index (χ3v) is 5.92. The SMILES string of the molecule is Cc1cc(C)c2[nH]c(=O)c(CN(Cc3ccccc3)C(=S)NCc3ccccc3)cc2c1. The van der Waals surface area contributed by atoms with Crippen LogP contribution >= 0.6 is 12.2 Å². The number of benzene rings is 3. The molecule has 0 aliphatic heterocycles. The Balaban J connectivity index is 1.61.